The van der Waals surface area contributed by atoms with Gasteiger partial charge in [-0.3, -0.25) is 0 Å². The van der Waals surface area contributed by atoms with Gasteiger partial charge in [0.2, 0.25) is 0 Å². The Balaban J connectivity index is 3.00. The monoisotopic (exact) mass is 212 g/mol. The molecule has 0 atom stereocenters. The van der Waals surface area contributed by atoms with Crippen molar-refractivity contribution >= 4 is 11.3 Å². The molecule has 0 spiro atoms. The fourth-order valence-corrected chi connectivity index (χ4v) is 2.11. The van der Waals surface area contributed by atoms with E-state index >= 15 is 0 Å². The molecule has 0 radical (unpaired) electrons. The lowest BCUT2D eigenvalue weighted by Crippen LogP contribution is -2.33. The van der Waals surface area contributed by atoms with Gasteiger partial charge < -0.3 is 5.32 Å². The molecule has 80 valence electrons. The van der Waals surface area contributed by atoms with Gasteiger partial charge in [0.05, 0.1) is 16.2 Å². The van der Waals surface area contributed by atoms with E-state index in [-0.39, 0.29) is 11.0 Å². The Morgan fingerprint density at radius 3 is 2.14 bits per heavy atom. The van der Waals surface area contributed by atoms with E-state index in [1.54, 1.807) is 11.3 Å². The van der Waals surface area contributed by atoms with Crippen LogP contribution in [0.5, 0.6) is 0 Å². The van der Waals surface area contributed by atoms with Gasteiger partial charge in [0, 0.05) is 10.8 Å². The number of rotatable bonds is 2. The Hall–Kier alpha value is -0.410. The lowest BCUT2D eigenvalue weighted by Gasteiger charge is -2.22. The van der Waals surface area contributed by atoms with E-state index in [9.17, 15) is 0 Å². The molecular weight excluding hydrogens is 192 g/mol. The topological polar surface area (TPSA) is 24.9 Å². The van der Waals surface area contributed by atoms with Crippen LogP contribution in [-0.4, -0.2) is 12.0 Å². The Labute approximate surface area is 90.8 Å². The summed E-state index contributed by atoms with van der Waals surface area (Å²) in [5.41, 5.74) is 1.27. The Bertz CT molecular complexity index is 307. The van der Waals surface area contributed by atoms with Crippen molar-refractivity contribution in [3.63, 3.8) is 0 Å². The summed E-state index contributed by atoms with van der Waals surface area (Å²) in [5, 5.41) is 6.62. The second kappa shape index (κ2) is 3.63. The number of aromatic nitrogens is 1. The van der Waals surface area contributed by atoms with Gasteiger partial charge in [-0.25, -0.2) is 4.98 Å². The molecule has 1 aromatic heterocycles. The van der Waals surface area contributed by atoms with Crippen LogP contribution in [0.25, 0.3) is 0 Å². The smallest absolute Gasteiger partial charge is 0.0982 e. The zero-order chi connectivity index (χ0) is 11.0. The van der Waals surface area contributed by atoms with Crippen LogP contribution in [0.15, 0.2) is 5.38 Å². The maximum atomic E-state index is 4.68. The van der Waals surface area contributed by atoms with E-state index in [2.05, 4.69) is 50.3 Å². The van der Waals surface area contributed by atoms with Gasteiger partial charge in [-0.05, 0) is 20.9 Å². The Kier molecular flexibility index (Phi) is 3.02. The van der Waals surface area contributed by atoms with Crippen molar-refractivity contribution in [2.75, 3.05) is 7.05 Å². The van der Waals surface area contributed by atoms with E-state index < -0.39 is 0 Å². The van der Waals surface area contributed by atoms with Gasteiger partial charge in [0.1, 0.15) is 0 Å². The third-order valence-electron chi connectivity index (χ3n) is 2.41. The molecule has 0 saturated carbocycles. The molecule has 2 nitrogen and oxygen atoms in total. The van der Waals surface area contributed by atoms with Crippen molar-refractivity contribution in [3.05, 3.63) is 16.1 Å². The molecule has 1 rings (SSSR count). The van der Waals surface area contributed by atoms with Gasteiger partial charge >= 0.3 is 0 Å². The van der Waals surface area contributed by atoms with Crippen LogP contribution >= 0.6 is 11.3 Å². The lowest BCUT2D eigenvalue weighted by atomic mass is 9.97. The van der Waals surface area contributed by atoms with Gasteiger partial charge in [-0.2, -0.15) is 0 Å². The lowest BCUT2D eigenvalue weighted by molar-refractivity contribution is 0.430. The van der Waals surface area contributed by atoms with Gasteiger partial charge in [0.25, 0.3) is 0 Å². The maximum absolute atomic E-state index is 4.68. The summed E-state index contributed by atoms with van der Waals surface area (Å²) in [6, 6.07) is 0. The predicted octanol–water partition coefficient (Wildman–Crippen LogP) is 2.90. The summed E-state index contributed by atoms with van der Waals surface area (Å²) in [5.74, 6) is 0. The minimum Gasteiger partial charge on any atom is -0.310 e. The second-order valence-electron chi connectivity index (χ2n) is 5.16. The van der Waals surface area contributed by atoms with Crippen LogP contribution in [0.3, 0.4) is 0 Å². The molecule has 1 N–H and O–H groups in total. The van der Waals surface area contributed by atoms with E-state index in [0.717, 1.165) is 5.69 Å². The average Bonchev–Trinajstić information content (AvgIpc) is 2.51. The molecule has 0 bridgehead atoms. The molecule has 0 aliphatic rings. The number of hydrogen-bond donors (Lipinski definition) is 1. The number of nitrogens with one attached hydrogen (secondary N) is 1. The van der Waals surface area contributed by atoms with Gasteiger partial charge in [-0.1, -0.05) is 20.8 Å². The van der Waals surface area contributed by atoms with Crippen molar-refractivity contribution in [2.24, 2.45) is 0 Å². The molecule has 1 heterocycles. The van der Waals surface area contributed by atoms with E-state index in [1.165, 1.54) is 5.01 Å². The number of nitrogens with zero attached hydrogens (tertiary/aromatic N) is 1. The summed E-state index contributed by atoms with van der Waals surface area (Å²) in [6.07, 6.45) is 0. The van der Waals surface area contributed by atoms with Gasteiger partial charge in [-0.15, -0.1) is 11.3 Å². The zero-order valence-electron chi connectivity index (χ0n) is 9.93. The molecule has 14 heavy (non-hydrogen) atoms. The van der Waals surface area contributed by atoms with Crippen LogP contribution in [0.1, 0.15) is 45.3 Å². The third-order valence-corrected chi connectivity index (χ3v) is 3.68. The molecule has 0 unspecified atom stereocenters. The summed E-state index contributed by atoms with van der Waals surface area (Å²) < 4.78 is 0. The molecular formula is C11H20N2S. The molecule has 3 heteroatoms. The molecule has 0 fully saturated rings. The van der Waals surface area contributed by atoms with Crippen molar-refractivity contribution in [2.45, 2.75) is 45.6 Å². The summed E-state index contributed by atoms with van der Waals surface area (Å²) >= 11 is 1.75. The van der Waals surface area contributed by atoms with Crippen LogP contribution in [0.4, 0.5) is 0 Å². The first-order valence-corrected chi connectivity index (χ1v) is 5.81. The highest BCUT2D eigenvalue weighted by Crippen LogP contribution is 2.29. The zero-order valence-corrected chi connectivity index (χ0v) is 10.7. The van der Waals surface area contributed by atoms with E-state index in [4.69, 9.17) is 0 Å². The minimum atomic E-state index is -0.0278. The van der Waals surface area contributed by atoms with Crippen LogP contribution in [0.2, 0.25) is 0 Å². The molecule has 0 aliphatic heterocycles. The Morgan fingerprint density at radius 2 is 1.79 bits per heavy atom. The largest absolute Gasteiger partial charge is 0.310 e. The van der Waals surface area contributed by atoms with Crippen LogP contribution in [-0.2, 0) is 11.0 Å². The first-order valence-electron chi connectivity index (χ1n) is 4.93. The van der Waals surface area contributed by atoms with Crippen molar-refractivity contribution < 1.29 is 0 Å². The second-order valence-corrected chi connectivity index (χ2v) is 6.02. The average molecular weight is 212 g/mol. The third kappa shape index (κ3) is 2.34. The van der Waals surface area contributed by atoms with Crippen LogP contribution in [0, 0.1) is 0 Å². The highest BCUT2D eigenvalue weighted by Gasteiger charge is 2.24. The summed E-state index contributed by atoms with van der Waals surface area (Å²) in [7, 11) is 1.97. The summed E-state index contributed by atoms with van der Waals surface area (Å²) in [6.45, 7) is 10.9. The fraction of sp³-hybridized carbons (Fsp3) is 0.727. The summed E-state index contributed by atoms with van der Waals surface area (Å²) in [4.78, 5) is 4.68. The highest BCUT2D eigenvalue weighted by atomic mass is 32.1. The predicted molar refractivity (Wildman–Crippen MR) is 62.9 cm³/mol. The van der Waals surface area contributed by atoms with Gasteiger partial charge in [0.15, 0.2) is 0 Å². The van der Waals surface area contributed by atoms with E-state index in [0.29, 0.717) is 0 Å². The quantitative estimate of drug-likeness (QED) is 0.815. The minimum absolute atomic E-state index is 0.0278. The van der Waals surface area contributed by atoms with Crippen molar-refractivity contribution in [1.29, 1.82) is 0 Å². The molecule has 1 aromatic rings. The highest BCUT2D eigenvalue weighted by molar-refractivity contribution is 7.09. The Morgan fingerprint density at radius 1 is 1.21 bits per heavy atom. The molecule has 0 saturated heterocycles. The fourth-order valence-electron chi connectivity index (χ4n) is 1.03. The normalized spacial score (nSPS) is 13.3. The molecule has 0 aliphatic carbocycles. The first kappa shape index (κ1) is 11.7. The van der Waals surface area contributed by atoms with Crippen LogP contribution < -0.4 is 5.32 Å². The van der Waals surface area contributed by atoms with Crippen molar-refractivity contribution in [1.82, 2.24) is 10.3 Å². The molecule has 0 amide bonds. The maximum Gasteiger partial charge on any atom is 0.0982 e. The standard InChI is InChI=1S/C11H20N2S/c1-10(2,3)9-13-8(7-14-9)11(4,5)12-6/h7,12H,1-6H3. The van der Waals surface area contributed by atoms with Crippen molar-refractivity contribution in [3.8, 4) is 0 Å². The number of hydrogen-bond acceptors (Lipinski definition) is 3. The SMILES string of the molecule is CNC(C)(C)c1csc(C(C)(C)C)n1. The van der Waals surface area contributed by atoms with E-state index in [1.807, 2.05) is 7.05 Å². The molecule has 0 aromatic carbocycles. The first-order chi connectivity index (χ1) is 6.27. The number of thiazole rings is 1.